The number of fused-ring (bicyclic) bond motifs is 1. The number of hydrogen-bond acceptors (Lipinski definition) is 2. The van der Waals surface area contributed by atoms with Gasteiger partial charge in [-0.25, -0.2) is 4.98 Å². The summed E-state index contributed by atoms with van der Waals surface area (Å²) in [7, 11) is 0. The first-order valence-electron chi connectivity index (χ1n) is 3.74. The van der Waals surface area contributed by atoms with Crippen molar-refractivity contribution in [1.29, 1.82) is 0 Å². The molecule has 12 heavy (non-hydrogen) atoms. The Hall–Kier alpha value is -0.470. The molecule has 0 aliphatic carbocycles. The van der Waals surface area contributed by atoms with Gasteiger partial charge in [0.1, 0.15) is 5.15 Å². The Bertz CT molecular complexity index is 276. The molecule has 0 saturated heterocycles. The van der Waals surface area contributed by atoms with E-state index in [0.717, 1.165) is 18.7 Å². The van der Waals surface area contributed by atoms with Crippen molar-refractivity contribution in [1.82, 2.24) is 4.98 Å². The Morgan fingerprint density at radius 3 is 3.17 bits per heavy atom. The molecule has 0 spiro atoms. The fraction of sp³-hybridized carbons (Fsp3) is 0.375. The SMILES string of the molecule is Cl.Clc1cc2c(cn1)CCCN2. The Kier molecular flexibility index (Phi) is 3.18. The van der Waals surface area contributed by atoms with Crippen LogP contribution in [0.15, 0.2) is 12.3 Å². The monoisotopic (exact) mass is 204 g/mol. The maximum absolute atomic E-state index is 5.73. The smallest absolute Gasteiger partial charge is 0.131 e. The van der Waals surface area contributed by atoms with Crippen LogP contribution in [0.1, 0.15) is 12.0 Å². The quantitative estimate of drug-likeness (QED) is 0.658. The first-order valence-corrected chi connectivity index (χ1v) is 4.12. The molecule has 0 fully saturated rings. The molecular formula is C8H10Cl2N2. The van der Waals surface area contributed by atoms with Crippen LogP contribution >= 0.6 is 24.0 Å². The number of nitrogens with zero attached hydrogens (tertiary/aromatic N) is 1. The van der Waals surface area contributed by atoms with Crippen molar-refractivity contribution >= 4 is 29.7 Å². The lowest BCUT2D eigenvalue weighted by atomic mass is 10.1. The summed E-state index contributed by atoms with van der Waals surface area (Å²) < 4.78 is 0. The largest absolute Gasteiger partial charge is 0.385 e. The Balaban J connectivity index is 0.000000720. The summed E-state index contributed by atoms with van der Waals surface area (Å²) in [6.07, 6.45) is 4.16. The maximum Gasteiger partial charge on any atom is 0.131 e. The number of rotatable bonds is 0. The topological polar surface area (TPSA) is 24.9 Å². The summed E-state index contributed by atoms with van der Waals surface area (Å²) in [6.45, 7) is 1.05. The van der Waals surface area contributed by atoms with Gasteiger partial charge in [-0.05, 0) is 24.5 Å². The van der Waals surface area contributed by atoms with Crippen LogP contribution in [0.5, 0.6) is 0 Å². The molecule has 1 aromatic heterocycles. The maximum atomic E-state index is 5.73. The number of aromatic nitrogens is 1. The van der Waals surface area contributed by atoms with Crippen molar-refractivity contribution in [3.8, 4) is 0 Å². The Morgan fingerprint density at radius 2 is 2.33 bits per heavy atom. The van der Waals surface area contributed by atoms with Gasteiger partial charge < -0.3 is 5.32 Å². The van der Waals surface area contributed by atoms with E-state index in [-0.39, 0.29) is 12.4 Å². The van der Waals surface area contributed by atoms with E-state index in [2.05, 4.69) is 10.3 Å². The number of aryl methyl sites for hydroxylation is 1. The molecule has 1 N–H and O–H groups in total. The first-order chi connectivity index (χ1) is 5.36. The van der Waals surface area contributed by atoms with Gasteiger partial charge in [0.25, 0.3) is 0 Å². The third kappa shape index (κ3) is 1.82. The standard InChI is InChI=1S/C8H9ClN2.ClH/c9-8-4-7-6(5-11-8)2-1-3-10-7;/h4-5,10H,1-3H2;1H. The molecule has 0 atom stereocenters. The molecule has 4 heteroatoms. The van der Waals surface area contributed by atoms with Gasteiger partial charge in [0.2, 0.25) is 0 Å². The number of pyridine rings is 1. The predicted octanol–water partition coefficient (Wildman–Crippen LogP) is 2.51. The molecule has 2 heterocycles. The molecule has 0 aromatic carbocycles. The molecule has 1 aliphatic heterocycles. The van der Waals surface area contributed by atoms with Crippen molar-refractivity contribution in [2.24, 2.45) is 0 Å². The van der Waals surface area contributed by atoms with Gasteiger partial charge in [0.05, 0.1) is 0 Å². The van der Waals surface area contributed by atoms with Gasteiger partial charge in [-0.15, -0.1) is 12.4 Å². The number of hydrogen-bond donors (Lipinski definition) is 1. The summed E-state index contributed by atoms with van der Waals surface area (Å²) >= 11 is 5.73. The normalized spacial score (nSPS) is 14.1. The molecule has 2 nitrogen and oxygen atoms in total. The lowest BCUT2D eigenvalue weighted by molar-refractivity contribution is 0.824. The van der Waals surface area contributed by atoms with E-state index >= 15 is 0 Å². The molecule has 66 valence electrons. The molecular weight excluding hydrogens is 195 g/mol. The second-order valence-corrected chi connectivity index (χ2v) is 3.08. The molecule has 2 rings (SSSR count). The first kappa shape index (κ1) is 9.62. The molecule has 1 aromatic rings. The Labute approximate surface area is 82.7 Å². The molecule has 0 amide bonds. The van der Waals surface area contributed by atoms with Crippen molar-refractivity contribution in [3.05, 3.63) is 23.0 Å². The minimum absolute atomic E-state index is 0. The lowest BCUT2D eigenvalue weighted by Gasteiger charge is -2.16. The summed E-state index contributed by atoms with van der Waals surface area (Å²) in [6, 6.07) is 1.88. The van der Waals surface area contributed by atoms with Crippen LogP contribution in [-0.2, 0) is 6.42 Å². The van der Waals surface area contributed by atoms with Crippen molar-refractivity contribution in [2.45, 2.75) is 12.8 Å². The van der Waals surface area contributed by atoms with Crippen LogP contribution in [0.3, 0.4) is 0 Å². The fourth-order valence-corrected chi connectivity index (χ4v) is 1.48. The molecule has 1 aliphatic rings. The highest BCUT2D eigenvalue weighted by Crippen LogP contribution is 2.22. The average molecular weight is 205 g/mol. The predicted molar refractivity (Wildman–Crippen MR) is 53.3 cm³/mol. The number of nitrogens with one attached hydrogen (secondary N) is 1. The second-order valence-electron chi connectivity index (χ2n) is 2.69. The van der Waals surface area contributed by atoms with Crippen LogP contribution in [0, 0.1) is 0 Å². The average Bonchev–Trinajstić information content (AvgIpc) is 2.04. The van der Waals surface area contributed by atoms with Crippen LogP contribution < -0.4 is 5.32 Å². The van der Waals surface area contributed by atoms with Crippen molar-refractivity contribution in [3.63, 3.8) is 0 Å². The van der Waals surface area contributed by atoms with E-state index in [1.807, 2.05) is 12.3 Å². The van der Waals surface area contributed by atoms with Crippen LogP contribution in [0.4, 0.5) is 5.69 Å². The zero-order valence-electron chi connectivity index (χ0n) is 6.51. The summed E-state index contributed by atoms with van der Waals surface area (Å²) in [4.78, 5) is 4.02. The van der Waals surface area contributed by atoms with E-state index < -0.39 is 0 Å². The van der Waals surface area contributed by atoms with Crippen LogP contribution in [0.25, 0.3) is 0 Å². The third-order valence-corrected chi connectivity index (χ3v) is 2.10. The number of anilines is 1. The fourth-order valence-electron chi connectivity index (χ4n) is 1.32. The minimum atomic E-state index is 0. The highest BCUT2D eigenvalue weighted by atomic mass is 35.5. The zero-order chi connectivity index (χ0) is 7.68. The van der Waals surface area contributed by atoms with Gasteiger partial charge in [0, 0.05) is 18.4 Å². The van der Waals surface area contributed by atoms with Gasteiger partial charge >= 0.3 is 0 Å². The van der Waals surface area contributed by atoms with E-state index in [9.17, 15) is 0 Å². The van der Waals surface area contributed by atoms with Gasteiger partial charge in [0.15, 0.2) is 0 Å². The van der Waals surface area contributed by atoms with Crippen LogP contribution in [-0.4, -0.2) is 11.5 Å². The van der Waals surface area contributed by atoms with E-state index in [1.165, 1.54) is 12.0 Å². The lowest BCUT2D eigenvalue weighted by Crippen LogP contribution is -2.11. The molecule has 0 saturated carbocycles. The summed E-state index contributed by atoms with van der Waals surface area (Å²) in [5.74, 6) is 0. The highest BCUT2D eigenvalue weighted by molar-refractivity contribution is 6.29. The Morgan fingerprint density at radius 1 is 1.50 bits per heavy atom. The minimum Gasteiger partial charge on any atom is -0.385 e. The van der Waals surface area contributed by atoms with E-state index in [4.69, 9.17) is 11.6 Å². The number of halogens is 2. The van der Waals surface area contributed by atoms with E-state index in [1.54, 1.807) is 0 Å². The summed E-state index contributed by atoms with van der Waals surface area (Å²) in [5.41, 5.74) is 2.43. The molecule has 0 radical (unpaired) electrons. The van der Waals surface area contributed by atoms with Crippen LogP contribution in [0.2, 0.25) is 5.15 Å². The van der Waals surface area contributed by atoms with Crippen molar-refractivity contribution < 1.29 is 0 Å². The second kappa shape index (κ2) is 3.97. The molecule has 0 unspecified atom stereocenters. The highest BCUT2D eigenvalue weighted by Gasteiger charge is 2.08. The van der Waals surface area contributed by atoms with Gasteiger partial charge in [-0.1, -0.05) is 11.6 Å². The zero-order valence-corrected chi connectivity index (χ0v) is 8.08. The molecule has 0 bridgehead atoms. The van der Waals surface area contributed by atoms with Gasteiger partial charge in [-0.3, -0.25) is 0 Å². The summed E-state index contributed by atoms with van der Waals surface area (Å²) in [5, 5.41) is 3.85. The van der Waals surface area contributed by atoms with E-state index in [0.29, 0.717) is 5.15 Å². The third-order valence-electron chi connectivity index (χ3n) is 1.89. The van der Waals surface area contributed by atoms with Crippen molar-refractivity contribution in [2.75, 3.05) is 11.9 Å². The van der Waals surface area contributed by atoms with Gasteiger partial charge in [-0.2, -0.15) is 0 Å².